The molecule has 4 atom stereocenters. The molecule has 2 unspecified atom stereocenters. The number of alkyl carbamates (subject to hydrolysis) is 1. The van der Waals surface area contributed by atoms with Gasteiger partial charge in [0.25, 0.3) is 0 Å². The lowest BCUT2D eigenvalue weighted by molar-refractivity contribution is 0.0556. The Morgan fingerprint density at radius 2 is 1.84 bits per heavy atom. The number of hydrogen-bond acceptors (Lipinski definition) is 6. The van der Waals surface area contributed by atoms with Crippen molar-refractivity contribution in [2.75, 3.05) is 24.5 Å². The normalized spacial score (nSPS) is 24.7. The Morgan fingerprint density at radius 1 is 1.08 bits per heavy atom. The highest BCUT2D eigenvalue weighted by Gasteiger charge is 2.56. The van der Waals surface area contributed by atoms with E-state index in [0.717, 1.165) is 62.3 Å². The molecule has 1 aromatic heterocycles. The van der Waals surface area contributed by atoms with E-state index in [9.17, 15) is 9.59 Å². The first-order valence-electron chi connectivity index (χ1n) is 13.4. The van der Waals surface area contributed by atoms with E-state index in [4.69, 9.17) is 9.47 Å². The third-order valence-corrected chi connectivity index (χ3v) is 7.58. The number of carbonyl (C=O) groups is 2. The molecule has 5 rings (SSSR count). The third kappa shape index (κ3) is 6.24. The number of hydrogen-bond donors (Lipinski definition) is 1. The average molecular weight is 507 g/mol. The summed E-state index contributed by atoms with van der Waals surface area (Å²) in [7, 11) is 0. The summed E-state index contributed by atoms with van der Waals surface area (Å²) in [6.07, 6.45) is 4.86. The average Bonchev–Trinajstić information content (AvgIpc) is 3.29. The summed E-state index contributed by atoms with van der Waals surface area (Å²) in [6.45, 7) is 8.97. The number of anilines is 1. The molecule has 2 aromatic rings. The molecule has 0 radical (unpaired) electrons. The summed E-state index contributed by atoms with van der Waals surface area (Å²) in [5, 5.41) is 3.05. The van der Waals surface area contributed by atoms with Gasteiger partial charge in [-0.05, 0) is 82.0 Å². The number of carbonyl (C=O) groups excluding carboxylic acids is 2. The number of piperidine rings is 1. The Bertz CT molecular complexity index is 1090. The Kier molecular flexibility index (Phi) is 7.38. The number of pyridine rings is 1. The summed E-state index contributed by atoms with van der Waals surface area (Å²) in [5.41, 5.74) is 1.54. The van der Waals surface area contributed by atoms with Crippen molar-refractivity contribution in [2.45, 2.75) is 70.7 Å². The number of nitrogens with one attached hydrogen (secondary N) is 1. The van der Waals surface area contributed by atoms with Crippen LogP contribution < -0.4 is 10.2 Å². The van der Waals surface area contributed by atoms with Crippen molar-refractivity contribution in [3.8, 4) is 0 Å². The van der Waals surface area contributed by atoms with Crippen LogP contribution >= 0.6 is 0 Å². The topological polar surface area (TPSA) is 84.0 Å². The quantitative estimate of drug-likeness (QED) is 0.582. The van der Waals surface area contributed by atoms with Crippen LogP contribution in [0.5, 0.6) is 0 Å². The van der Waals surface area contributed by atoms with Crippen LogP contribution in [0.1, 0.15) is 51.2 Å². The maximum atomic E-state index is 13.1. The van der Waals surface area contributed by atoms with Crippen molar-refractivity contribution < 1.29 is 19.1 Å². The first-order chi connectivity index (χ1) is 17.8. The van der Waals surface area contributed by atoms with Gasteiger partial charge in [-0.25, -0.2) is 14.6 Å². The Balaban J connectivity index is 1.06. The van der Waals surface area contributed by atoms with Crippen molar-refractivity contribution >= 4 is 18.0 Å². The fourth-order valence-electron chi connectivity index (χ4n) is 5.75. The Labute approximate surface area is 219 Å². The number of benzene rings is 1. The van der Waals surface area contributed by atoms with Gasteiger partial charge in [-0.3, -0.25) is 4.90 Å². The van der Waals surface area contributed by atoms with Gasteiger partial charge >= 0.3 is 12.2 Å². The Morgan fingerprint density at radius 3 is 2.57 bits per heavy atom. The minimum absolute atomic E-state index is 0.0863. The molecule has 2 amide bonds. The number of ether oxygens (including phenoxy) is 2. The highest BCUT2D eigenvalue weighted by atomic mass is 16.6. The first kappa shape index (κ1) is 25.5. The molecule has 0 spiro atoms. The number of rotatable bonds is 7. The molecule has 3 aliphatic rings. The molecule has 1 saturated heterocycles. The highest BCUT2D eigenvalue weighted by Crippen LogP contribution is 2.45. The monoisotopic (exact) mass is 506 g/mol. The number of aryl methyl sites for hydroxylation is 1. The van der Waals surface area contributed by atoms with Gasteiger partial charge in [0, 0.05) is 31.4 Å². The first-order valence-corrected chi connectivity index (χ1v) is 13.4. The van der Waals surface area contributed by atoms with Crippen LogP contribution in [0.15, 0.2) is 48.7 Å². The van der Waals surface area contributed by atoms with Crippen molar-refractivity contribution in [3.05, 3.63) is 59.8 Å². The minimum atomic E-state index is -0.552. The van der Waals surface area contributed by atoms with E-state index in [1.165, 1.54) is 0 Å². The molecule has 8 nitrogen and oxygen atoms in total. The van der Waals surface area contributed by atoms with E-state index in [1.54, 1.807) is 11.1 Å². The van der Waals surface area contributed by atoms with Gasteiger partial charge in [-0.1, -0.05) is 36.4 Å². The SMILES string of the molecule is CC(C)(C)OC(=O)N1c2ncccc2CCC1CCCN1C[C@@H]2C(NC(=O)OCc3ccccc3)[C@@H]2C1. The van der Waals surface area contributed by atoms with Gasteiger partial charge in [0.2, 0.25) is 0 Å². The lowest BCUT2D eigenvalue weighted by Crippen LogP contribution is -2.47. The van der Waals surface area contributed by atoms with Gasteiger partial charge in [0.1, 0.15) is 18.0 Å². The number of amides is 2. The van der Waals surface area contributed by atoms with Crippen LogP contribution in [0.3, 0.4) is 0 Å². The van der Waals surface area contributed by atoms with E-state index < -0.39 is 5.60 Å². The summed E-state index contributed by atoms with van der Waals surface area (Å²) in [5.74, 6) is 1.75. The number of likely N-dealkylation sites (tertiary alicyclic amines) is 1. The van der Waals surface area contributed by atoms with Gasteiger partial charge in [0.15, 0.2) is 0 Å². The van der Waals surface area contributed by atoms with Crippen molar-refractivity contribution in [1.82, 2.24) is 15.2 Å². The minimum Gasteiger partial charge on any atom is -0.445 e. The molecule has 1 aliphatic carbocycles. The molecule has 1 saturated carbocycles. The summed E-state index contributed by atoms with van der Waals surface area (Å²) < 4.78 is 11.1. The standard InChI is InChI=1S/C29H38N4O4/c1-29(2,3)37-28(35)33-22(14-13-21-11-7-15-30-26(21)33)12-8-16-32-17-23-24(18-32)25(23)31-27(34)36-19-20-9-5-4-6-10-20/h4-7,9-11,15,22-25H,8,12-14,16-19H2,1-3H3,(H,31,34)/t22?,23-,24+,25?. The van der Waals surface area contributed by atoms with Gasteiger partial charge in [-0.15, -0.1) is 0 Å². The van der Waals surface area contributed by atoms with Gasteiger partial charge < -0.3 is 19.7 Å². The van der Waals surface area contributed by atoms with Crippen molar-refractivity contribution in [1.29, 1.82) is 0 Å². The highest BCUT2D eigenvalue weighted by molar-refractivity contribution is 5.88. The molecule has 8 heteroatoms. The van der Waals surface area contributed by atoms with Gasteiger partial charge in [-0.2, -0.15) is 0 Å². The van der Waals surface area contributed by atoms with Crippen LogP contribution in [0.2, 0.25) is 0 Å². The number of fused-ring (bicyclic) bond motifs is 2. The zero-order valence-electron chi connectivity index (χ0n) is 22.1. The second kappa shape index (κ2) is 10.7. The Hall–Kier alpha value is -3.13. The molecule has 1 N–H and O–H groups in total. The lowest BCUT2D eigenvalue weighted by atomic mass is 9.95. The number of nitrogens with zero attached hydrogens (tertiary/aromatic N) is 3. The predicted molar refractivity (Wildman–Crippen MR) is 141 cm³/mol. The summed E-state index contributed by atoms with van der Waals surface area (Å²) >= 11 is 0. The molecule has 3 heterocycles. The summed E-state index contributed by atoms with van der Waals surface area (Å²) in [4.78, 5) is 34.1. The maximum Gasteiger partial charge on any atom is 0.416 e. The molecule has 2 fully saturated rings. The van der Waals surface area contributed by atoms with E-state index >= 15 is 0 Å². The molecule has 2 aliphatic heterocycles. The summed E-state index contributed by atoms with van der Waals surface area (Å²) in [6, 6.07) is 14.0. The largest absolute Gasteiger partial charge is 0.445 e. The van der Waals surface area contributed by atoms with Crippen molar-refractivity contribution in [2.24, 2.45) is 11.8 Å². The lowest BCUT2D eigenvalue weighted by Gasteiger charge is -2.37. The molecule has 0 bridgehead atoms. The van der Waals surface area contributed by atoms with E-state index in [0.29, 0.717) is 18.4 Å². The molecular weight excluding hydrogens is 468 g/mol. The van der Waals surface area contributed by atoms with Crippen LogP contribution in [0.4, 0.5) is 15.4 Å². The second-order valence-corrected chi connectivity index (χ2v) is 11.5. The van der Waals surface area contributed by atoms with E-state index in [2.05, 4.69) is 15.2 Å². The van der Waals surface area contributed by atoms with Crippen LogP contribution in [-0.2, 0) is 22.5 Å². The van der Waals surface area contributed by atoms with Gasteiger partial charge in [0.05, 0.1) is 0 Å². The van der Waals surface area contributed by atoms with Crippen LogP contribution in [-0.4, -0.2) is 59.4 Å². The van der Waals surface area contributed by atoms with E-state index in [-0.39, 0.29) is 24.3 Å². The number of aromatic nitrogens is 1. The zero-order chi connectivity index (χ0) is 26.0. The fraction of sp³-hybridized carbons (Fsp3) is 0.552. The molecular formula is C29H38N4O4. The predicted octanol–water partition coefficient (Wildman–Crippen LogP) is 4.77. The van der Waals surface area contributed by atoms with Crippen molar-refractivity contribution in [3.63, 3.8) is 0 Å². The molecule has 198 valence electrons. The maximum absolute atomic E-state index is 13.1. The zero-order valence-corrected chi connectivity index (χ0v) is 22.1. The molecule has 37 heavy (non-hydrogen) atoms. The second-order valence-electron chi connectivity index (χ2n) is 11.5. The smallest absolute Gasteiger partial charge is 0.416 e. The van der Waals surface area contributed by atoms with Crippen LogP contribution in [0, 0.1) is 11.8 Å². The van der Waals surface area contributed by atoms with E-state index in [1.807, 2.05) is 63.2 Å². The molecule has 1 aromatic carbocycles. The van der Waals surface area contributed by atoms with Crippen LogP contribution in [0.25, 0.3) is 0 Å². The third-order valence-electron chi connectivity index (χ3n) is 7.58. The fourth-order valence-corrected chi connectivity index (χ4v) is 5.75.